The Labute approximate surface area is 130 Å². The normalized spacial score (nSPS) is 14.8. The lowest BCUT2D eigenvalue weighted by Gasteiger charge is -2.27. The lowest BCUT2D eigenvalue weighted by Crippen LogP contribution is -2.38. The summed E-state index contributed by atoms with van der Waals surface area (Å²) in [5.74, 6) is 0.300. The Morgan fingerprint density at radius 3 is 2.24 bits per heavy atom. The molecule has 0 radical (unpaired) electrons. The summed E-state index contributed by atoms with van der Waals surface area (Å²) in [5, 5.41) is 3.02. The maximum absolute atomic E-state index is 12.7. The number of benzene rings is 1. The molecule has 0 saturated carbocycles. The molecule has 1 rings (SSSR count). The number of nitrogens with one attached hydrogen (secondary N) is 1. The minimum atomic E-state index is -3.08. The van der Waals surface area contributed by atoms with Crippen LogP contribution >= 0.6 is 0 Å². The van der Waals surface area contributed by atoms with E-state index in [9.17, 15) is 8.42 Å². The van der Waals surface area contributed by atoms with Crippen LogP contribution in [0.15, 0.2) is 30.3 Å². The molecule has 120 valence electrons. The molecule has 0 heterocycles. The molecule has 1 aromatic rings. The van der Waals surface area contributed by atoms with Crippen molar-refractivity contribution in [1.29, 1.82) is 0 Å². The van der Waals surface area contributed by atoms with Crippen molar-refractivity contribution in [2.24, 2.45) is 0 Å². The maximum atomic E-state index is 12.7. The Morgan fingerprint density at radius 1 is 1.05 bits per heavy atom. The van der Waals surface area contributed by atoms with E-state index in [1.54, 1.807) is 0 Å². The zero-order valence-corrected chi connectivity index (χ0v) is 14.3. The van der Waals surface area contributed by atoms with Crippen molar-refractivity contribution >= 4 is 9.84 Å². The van der Waals surface area contributed by atoms with Gasteiger partial charge in [-0.2, -0.15) is 0 Å². The van der Waals surface area contributed by atoms with Gasteiger partial charge in [-0.3, -0.25) is 0 Å². The third kappa shape index (κ3) is 5.44. The molecule has 21 heavy (non-hydrogen) atoms. The molecule has 0 aliphatic heterocycles. The van der Waals surface area contributed by atoms with Gasteiger partial charge in [0.1, 0.15) is 0 Å². The predicted octanol–water partition coefficient (Wildman–Crippen LogP) is 3.72. The fourth-order valence-corrected chi connectivity index (χ4v) is 4.83. The molecule has 0 amide bonds. The standard InChI is InChI=1S/C17H29NO2S/c1-4-7-11-14-21(19,20)16(5-2)17(18-6-3)15-12-9-8-10-13-15/h8-10,12-13,16-18H,4-7,11,14H2,1-3H3. The molecular weight excluding hydrogens is 282 g/mol. The summed E-state index contributed by atoms with van der Waals surface area (Å²) < 4.78 is 25.4. The van der Waals surface area contributed by atoms with Gasteiger partial charge in [0.2, 0.25) is 0 Å². The third-order valence-electron chi connectivity index (χ3n) is 3.85. The first-order valence-electron chi connectivity index (χ1n) is 8.06. The molecule has 2 unspecified atom stereocenters. The Morgan fingerprint density at radius 2 is 1.71 bits per heavy atom. The van der Waals surface area contributed by atoms with Crippen LogP contribution in [0.1, 0.15) is 58.1 Å². The van der Waals surface area contributed by atoms with Crippen LogP contribution in [0.3, 0.4) is 0 Å². The summed E-state index contributed by atoms with van der Waals surface area (Å²) in [4.78, 5) is 0. The molecule has 0 aliphatic rings. The number of unbranched alkanes of at least 4 members (excludes halogenated alkanes) is 2. The molecule has 3 nitrogen and oxygen atoms in total. The highest BCUT2D eigenvalue weighted by Crippen LogP contribution is 2.26. The van der Waals surface area contributed by atoms with E-state index in [0.29, 0.717) is 12.2 Å². The molecule has 0 fully saturated rings. The van der Waals surface area contributed by atoms with Crippen molar-refractivity contribution in [1.82, 2.24) is 5.32 Å². The zero-order valence-electron chi connectivity index (χ0n) is 13.5. The summed E-state index contributed by atoms with van der Waals surface area (Å²) in [6.07, 6.45) is 3.43. The van der Waals surface area contributed by atoms with Crippen molar-refractivity contribution in [3.63, 3.8) is 0 Å². The number of hydrogen-bond donors (Lipinski definition) is 1. The lowest BCUT2D eigenvalue weighted by atomic mass is 10.0. The Bertz CT molecular complexity index is 485. The zero-order chi connectivity index (χ0) is 15.7. The van der Waals surface area contributed by atoms with E-state index >= 15 is 0 Å². The Balaban J connectivity index is 2.97. The minimum absolute atomic E-state index is 0.118. The van der Waals surface area contributed by atoms with Crippen LogP contribution in [0, 0.1) is 0 Å². The summed E-state index contributed by atoms with van der Waals surface area (Å²) in [6.45, 7) is 6.84. The van der Waals surface area contributed by atoms with Crippen molar-refractivity contribution in [3.8, 4) is 0 Å². The van der Waals surface area contributed by atoms with Crippen molar-refractivity contribution in [2.75, 3.05) is 12.3 Å². The maximum Gasteiger partial charge on any atom is 0.155 e. The van der Waals surface area contributed by atoms with Gasteiger partial charge in [0.15, 0.2) is 9.84 Å². The number of sulfone groups is 1. The second kappa shape index (κ2) is 9.21. The van der Waals surface area contributed by atoms with E-state index in [4.69, 9.17) is 0 Å². The molecule has 2 atom stereocenters. The number of hydrogen-bond acceptors (Lipinski definition) is 3. The highest BCUT2D eigenvalue weighted by molar-refractivity contribution is 7.92. The molecule has 0 aromatic heterocycles. The molecule has 4 heteroatoms. The molecule has 0 saturated heterocycles. The molecule has 0 bridgehead atoms. The monoisotopic (exact) mass is 311 g/mol. The third-order valence-corrected chi connectivity index (χ3v) is 6.24. The van der Waals surface area contributed by atoms with E-state index in [0.717, 1.165) is 31.4 Å². The fourth-order valence-electron chi connectivity index (χ4n) is 2.75. The van der Waals surface area contributed by atoms with Gasteiger partial charge in [-0.1, -0.05) is 63.9 Å². The van der Waals surface area contributed by atoms with Gasteiger partial charge in [0.25, 0.3) is 0 Å². The summed E-state index contributed by atoms with van der Waals surface area (Å²) >= 11 is 0. The van der Waals surface area contributed by atoms with E-state index < -0.39 is 9.84 Å². The molecular formula is C17H29NO2S. The molecule has 0 aliphatic carbocycles. The first-order valence-corrected chi connectivity index (χ1v) is 9.78. The fraction of sp³-hybridized carbons (Fsp3) is 0.647. The first-order chi connectivity index (χ1) is 10.1. The number of rotatable bonds is 10. The second-order valence-corrected chi connectivity index (χ2v) is 7.81. The van der Waals surface area contributed by atoms with Crippen LogP contribution in [0.4, 0.5) is 0 Å². The Hall–Kier alpha value is -0.870. The SMILES string of the molecule is CCCCCS(=O)(=O)C(CC)C(NCC)c1ccccc1. The van der Waals surface area contributed by atoms with E-state index in [-0.39, 0.29) is 11.3 Å². The lowest BCUT2D eigenvalue weighted by molar-refractivity contribution is 0.486. The van der Waals surface area contributed by atoms with E-state index in [1.165, 1.54) is 0 Å². The van der Waals surface area contributed by atoms with Gasteiger partial charge < -0.3 is 5.32 Å². The minimum Gasteiger partial charge on any atom is -0.309 e. The topological polar surface area (TPSA) is 46.2 Å². The van der Waals surface area contributed by atoms with Crippen LogP contribution in [-0.2, 0) is 9.84 Å². The highest BCUT2D eigenvalue weighted by atomic mass is 32.2. The quantitative estimate of drug-likeness (QED) is 0.670. The highest BCUT2D eigenvalue weighted by Gasteiger charge is 2.31. The van der Waals surface area contributed by atoms with Gasteiger partial charge in [0, 0.05) is 6.04 Å². The second-order valence-electron chi connectivity index (χ2n) is 5.47. The average Bonchev–Trinajstić information content (AvgIpc) is 2.48. The molecule has 1 N–H and O–H groups in total. The van der Waals surface area contributed by atoms with Crippen molar-refractivity contribution in [3.05, 3.63) is 35.9 Å². The smallest absolute Gasteiger partial charge is 0.155 e. The van der Waals surface area contributed by atoms with Crippen molar-refractivity contribution in [2.45, 2.75) is 57.7 Å². The van der Waals surface area contributed by atoms with Gasteiger partial charge in [-0.15, -0.1) is 0 Å². The Kier molecular flexibility index (Phi) is 7.97. The van der Waals surface area contributed by atoms with Crippen LogP contribution in [0.25, 0.3) is 0 Å². The summed E-state index contributed by atoms with van der Waals surface area (Å²) in [7, 11) is -3.08. The van der Waals surface area contributed by atoms with Gasteiger partial charge in [-0.25, -0.2) is 8.42 Å². The summed E-state index contributed by atoms with van der Waals surface area (Å²) in [6, 6.07) is 9.80. The van der Waals surface area contributed by atoms with Gasteiger partial charge >= 0.3 is 0 Å². The largest absolute Gasteiger partial charge is 0.309 e. The van der Waals surface area contributed by atoms with Crippen LogP contribution < -0.4 is 5.32 Å². The van der Waals surface area contributed by atoms with Crippen LogP contribution in [-0.4, -0.2) is 26.0 Å². The van der Waals surface area contributed by atoms with Crippen LogP contribution in [0.2, 0.25) is 0 Å². The van der Waals surface area contributed by atoms with Crippen molar-refractivity contribution < 1.29 is 8.42 Å². The first kappa shape index (κ1) is 18.2. The van der Waals surface area contributed by atoms with Gasteiger partial charge in [0.05, 0.1) is 11.0 Å². The molecule has 1 aromatic carbocycles. The summed E-state index contributed by atoms with van der Waals surface area (Å²) in [5.41, 5.74) is 1.06. The predicted molar refractivity (Wildman–Crippen MR) is 90.3 cm³/mol. The van der Waals surface area contributed by atoms with E-state index in [1.807, 2.05) is 44.2 Å². The average molecular weight is 311 g/mol. The molecule has 0 spiro atoms. The van der Waals surface area contributed by atoms with Gasteiger partial charge in [-0.05, 0) is 24.9 Å². The van der Waals surface area contributed by atoms with E-state index in [2.05, 4.69) is 12.2 Å². The van der Waals surface area contributed by atoms with Crippen LogP contribution in [0.5, 0.6) is 0 Å².